The molecule has 0 amide bonds. The molecule has 0 aromatic heterocycles. The van der Waals surface area contributed by atoms with Gasteiger partial charge in [-0.15, -0.1) is 0 Å². The summed E-state index contributed by atoms with van der Waals surface area (Å²) in [5.74, 6) is 2.43. The van der Waals surface area contributed by atoms with Crippen LogP contribution in [-0.2, 0) is 6.42 Å². The monoisotopic (exact) mass is 238 g/mol. The fourth-order valence-electron chi connectivity index (χ4n) is 1.53. The third-order valence-corrected chi connectivity index (χ3v) is 2.69. The van der Waals surface area contributed by atoms with Crippen molar-refractivity contribution in [2.24, 2.45) is 5.92 Å². The third-order valence-electron chi connectivity index (χ3n) is 2.69. The van der Waals surface area contributed by atoms with E-state index in [1.165, 1.54) is 12.0 Å². The van der Waals surface area contributed by atoms with E-state index in [-0.39, 0.29) is 0 Å². The zero-order valence-electron chi connectivity index (χ0n) is 12.0. The van der Waals surface area contributed by atoms with E-state index in [0.717, 1.165) is 17.9 Å². The molecule has 0 bridgehead atoms. The maximum Gasteiger partial charge on any atom is 0.122 e. The molecule has 0 saturated carbocycles. The SMILES string of the molecule is CC.CCC(C)Cc1cc(OC)cc(OC)c1. The highest BCUT2D eigenvalue weighted by Crippen LogP contribution is 2.24. The van der Waals surface area contributed by atoms with Crippen LogP contribution in [0, 0.1) is 5.92 Å². The van der Waals surface area contributed by atoms with Gasteiger partial charge in [0.15, 0.2) is 0 Å². The normalized spacial score (nSPS) is 11.2. The van der Waals surface area contributed by atoms with Crippen LogP contribution in [0.25, 0.3) is 0 Å². The van der Waals surface area contributed by atoms with Gasteiger partial charge in [0, 0.05) is 6.07 Å². The van der Waals surface area contributed by atoms with Crippen LogP contribution < -0.4 is 9.47 Å². The fourth-order valence-corrected chi connectivity index (χ4v) is 1.53. The van der Waals surface area contributed by atoms with Gasteiger partial charge in [-0.05, 0) is 30.0 Å². The molecule has 1 aromatic carbocycles. The van der Waals surface area contributed by atoms with Gasteiger partial charge < -0.3 is 9.47 Å². The highest BCUT2D eigenvalue weighted by molar-refractivity contribution is 5.38. The molecule has 2 nitrogen and oxygen atoms in total. The molecule has 0 aliphatic carbocycles. The minimum Gasteiger partial charge on any atom is -0.497 e. The van der Waals surface area contributed by atoms with Crippen molar-refractivity contribution >= 4 is 0 Å². The molecule has 1 aromatic rings. The molecule has 0 saturated heterocycles. The second kappa shape index (κ2) is 8.91. The predicted molar refractivity (Wildman–Crippen MR) is 74.1 cm³/mol. The molecule has 0 aliphatic rings. The van der Waals surface area contributed by atoms with E-state index in [9.17, 15) is 0 Å². The Morgan fingerprint density at radius 3 is 1.82 bits per heavy atom. The Morgan fingerprint density at radius 1 is 1.00 bits per heavy atom. The number of methoxy groups -OCH3 is 2. The zero-order chi connectivity index (χ0) is 13.3. The van der Waals surface area contributed by atoms with Crippen molar-refractivity contribution in [2.75, 3.05) is 14.2 Å². The molecule has 0 aliphatic heterocycles. The Labute approximate surface area is 106 Å². The molecule has 1 atom stereocenters. The van der Waals surface area contributed by atoms with Gasteiger partial charge in [-0.1, -0.05) is 34.1 Å². The standard InChI is InChI=1S/C13H20O2.C2H6/c1-5-10(2)6-11-7-12(14-3)9-13(8-11)15-4;1-2/h7-10H,5-6H2,1-4H3;1-2H3. The molecule has 1 unspecified atom stereocenters. The van der Waals surface area contributed by atoms with Crippen molar-refractivity contribution in [3.8, 4) is 11.5 Å². The van der Waals surface area contributed by atoms with Gasteiger partial charge in [0.05, 0.1) is 14.2 Å². The number of hydrogen-bond acceptors (Lipinski definition) is 2. The number of benzene rings is 1. The van der Waals surface area contributed by atoms with Crippen LogP contribution in [0.1, 0.15) is 39.7 Å². The topological polar surface area (TPSA) is 18.5 Å². The van der Waals surface area contributed by atoms with Crippen LogP contribution in [-0.4, -0.2) is 14.2 Å². The van der Waals surface area contributed by atoms with Crippen molar-refractivity contribution in [1.82, 2.24) is 0 Å². The third kappa shape index (κ3) is 5.62. The highest BCUT2D eigenvalue weighted by Gasteiger charge is 2.05. The molecular weight excluding hydrogens is 212 g/mol. The summed E-state index contributed by atoms with van der Waals surface area (Å²) in [5.41, 5.74) is 1.28. The van der Waals surface area contributed by atoms with Gasteiger partial charge in [0.1, 0.15) is 11.5 Å². The summed E-state index contributed by atoms with van der Waals surface area (Å²) < 4.78 is 10.5. The fraction of sp³-hybridized carbons (Fsp3) is 0.600. The van der Waals surface area contributed by atoms with E-state index in [2.05, 4.69) is 26.0 Å². The maximum atomic E-state index is 5.23. The molecule has 1 rings (SSSR count). The van der Waals surface area contributed by atoms with E-state index in [4.69, 9.17) is 9.47 Å². The molecule has 0 N–H and O–H groups in total. The van der Waals surface area contributed by atoms with E-state index >= 15 is 0 Å². The van der Waals surface area contributed by atoms with Crippen LogP contribution in [0.2, 0.25) is 0 Å². The van der Waals surface area contributed by atoms with Gasteiger partial charge in [0.25, 0.3) is 0 Å². The smallest absolute Gasteiger partial charge is 0.122 e. The van der Waals surface area contributed by atoms with Gasteiger partial charge in [-0.2, -0.15) is 0 Å². The lowest BCUT2D eigenvalue weighted by atomic mass is 9.98. The van der Waals surface area contributed by atoms with Gasteiger partial charge in [0.2, 0.25) is 0 Å². The van der Waals surface area contributed by atoms with Gasteiger partial charge in [-0.25, -0.2) is 0 Å². The van der Waals surface area contributed by atoms with Crippen LogP contribution in [0.4, 0.5) is 0 Å². The van der Waals surface area contributed by atoms with E-state index in [0.29, 0.717) is 5.92 Å². The molecule has 98 valence electrons. The van der Waals surface area contributed by atoms with Crippen molar-refractivity contribution in [1.29, 1.82) is 0 Å². The summed E-state index contributed by atoms with van der Waals surface area (Å²) in [6.07, 6.45) is 2.27. The van der Waals surface area contributed by atoms with Gasteiger partial charge in [-0.3, -0.25) is 0 Å². The first-order chi connectivity index (χ1) is 8.19. The summed E-state index contributed by atoms with van der Waals surface area (Å²) in [4.78, 5) is 0. The largest absolute Gasteiger partial charge is 0.497 e. The lowest BCUT2D eigenvalue weighted by molar-refractivity contribution is 0.392. The Hall–Kier alpha value is -1.18. The number of rotatable bonds is 5. The average Bonchev–Trinajstić information content (AvgIpc) is 2.40. The molecule has 17 heavy (non-hydrogen) atoms. The first-order valence-electron chi connectivity index (χ1n) is 6.41. The summed E-state index contributed by atoms with van der Waals surface area (Å²) >= 11 is 0. The molecule has 0 spiro atoms. The van der Waals surface area contributed by atoms with E-state index in [1.807, 2.05) is 19.9 Å². The lowest BCUT2D eigenvalue weighted by Gasteiger charge is -2.11. The predicted octanol–water partition coefficient (Wildman–Crippen LogP) is 4.32. The molecular formula is C15H26O2. The van der Waals surface area contributed by atoms with Crippen LogP contribution >= 0.6 is 0 Å². The van der Waals surface area contributed by atoms with Crippen LogP contribution in [0.3, 0.4) is 0 Å². The summed E-state index contributed by atoms with van der Waals surface area (Å²) in [7, 11) is 3.36. The Kier molecular flexibility index (Phi) is 8.29. The Balaban J connectivity index is 0.00000121. The maximum absolute atomic E-state index is 5.23. The molecule has 0 fully saturated rings. The molecule has 2 heteroatoms. The van der Waals surface area contributed by atoms with Gasteiger partial charge >= 0.3 is 0 Å². The van der Waals surface area contributed by atoms with Crippen molar-refractivity contribution in [3.05, 3.63) is 23.8 Å². The zero-order valence-corrected chi connectivity index (χ0v) is 12.0. The van der Waals surface area contributed by atoms with E-state index in [1.54, 1.807) is 14.2 Å². The number of ether oxygens (including phenoxy) is 2. The summed E-state index contributed by atoms with van der Waals surface area (Å²) in [5, 5.41) is 0. The first-order valence-corrected chi connectivity index (χ1v) is 6.41. The quantitative estimate of drug-likeness (QED) is 0.760. The van der Waals surface area contributed by atoms with Crippen LogP contribution in [0.5, 0.6) is 11.5 Å². The minimum atomic E-state index is 0.696. The molecule has 0 radical (unpaired) electrons. The van der Waals surface area contributed by atoms with Crippen molar-refractivity contribution in [2.45, 2.75) is 40.5 Å². The Morgan fingerprint density at radius 2 is 1.47 bits per heavy atom. The summed E-state index contributed by atoms with van der Waals surface area (Å²) in [6, 6.07) is 6.06. The average molecular weight is 238 g/mol. The highest BCUT2D eigenvalue weighted by atomic mass is 16.5. The summed E-state index contributed by atoms with van der Waals surface area (Å²) in [6.45, 7) is 8.47. The van der Waals surface area contributed by atoms with Crippen LogP contribution in [0.15, 0.2) is 18.2 Å². The van der Waals surface area contributed by atoms with Crippen molar-refractivity contribution < 1.29 is 9.47 Å². The second-order valence-corrected chi connectivity index (χ2v) is 3.94. The lowest BCUT2D eigenvalue weighted by Crippen LogP contribution is -1.99. The molecule has 0 heterocycles. The first kappa shape index (κ1) is 15.8. The van der Waals surface area contributed by atoms with E-state index < -0.39 is 0 Å². The van der Waals surface area contributed by atoms with Crippen molar-refractivity contribution in [3.63, 3.8) is 0 Å². The minimum absolute atomic E-state index is 0.696. The Bertz CT molecular complexity index is 286. The number of hydrogen-bond donors (Lipinski definition) is 0. The second-order valence-electron chi connectivity index (χ2n) is 3.94.